The zero-order chi connectivity index (χ0) is 17.8. The molecule has 134 valence electrons. The van der Waals surface area contributed by atoms with Crippen molar-refractivity contribution in [1.82, 2.24) is 4.90 Å². The second-order valence-electron chi connectivity index (χ2n) is 9.64. The maximum absolute atomic E-state index is 6.47. The number of nitrogens with zero attached hydrogens (tertiary/aromatic N) is 1. The number of rotatable bonds is 10. The van der Waals surface area contributed by atoms with Gasteiger partial charge in [-0.15, -0.1) is 0 Å². The van der Waals surface area contributed by atoms with Crippen LogP contribution in [0.1, 0.15) is 82.1 Å². The molecule has 0 spiro atoms. The zero-order valence-electron chi connectivity index (χ0n) is 17.3. The van der Waals surface area contributed by atoms with Gasteiger partial charge in [0.25, 0.3) is 0 Å². The van der Waals surface area contributed by atoms with Crippen molar-refractivity contribution in [2.75, 3.05) is 20.1 Å². The molecule has 0 radical (unpaired) electrons. The van der Waals surface area contributed by atoms with Crippen LogP contribution in [-0.2, 0) is 4.74 Å². The van der Waals surface area contributed by atoms with Gasteiger partial charge in [0.15, 0.2) is 0 Å². The third-order valence-corrected chi connectivity index (χ3v) is 5.22. The van der Waals surface area contributed by atoms with Crippen LogP contribution in [0.15, 0.2) is 0 Å². The average Bonchev–Trinajstić information content (AvgIpc) is 2.24. The van der Waals surface area contributed by atoms with Crippen molar-refractivity contribution in [3.63, 3.8) is 0 Å². The maximum Gasteiger partial charge on any atom is 0.0680 e. The second-order valence-corrected chi connectivity index (χ2v) is 9.64. The Morgan fingerprint density at radius 1 is 0.955 bits per heavy atom. The first-order valence-electron chi connectivity index (χ1n) is 9.09. The second kappa shape index (κ2) is 8.15. The number of ether oxygens (including phenoxy) is 1. The Kier molecular flexibility index (Phi) is 8.12. The molecule has 0 bridgehead atoms. The van der Waals surface area contributed by atoms with Crippen LogP contribution >= 0.6 is 0 Å². The van der Waals surface area contributed by atoms with Crippen molar-refractivity contribution in [2.24, 2.45) is 16.7 Å². The van der Waals surface area contributed by atoms with Gasteiger partial charge in [-0.1, -0.05) is 48.5 Å². The fourth-order valence-corrected chi connectivity index (χ4v) is 3.39. The fraction of sp³-hybridized carbons (Fsp3) is 1.00. The molecule has 0 amide bonds. The molecule has 0 fully saturated rings. The lowest BCUT2D eigenvalue weighted by Crippen LogP contribution is -2.45. The van der Waals surface area contributed by atoms with Crippen molar-refractivity contribution >= 4 is 0 Å². The van der Waals surface area contributed by atoms with E-state index in [0.717, 1.165) is 31.8 Å². The Bertz CT molecular complexity index is 318. The first kappa shape index (κ1) is 21.9. The summed E-state index contributed by atoms with van der Waals surface area (Å²) in [7, 11) is 2.23. The third-order valence-electron chi connectivity index (χ3n) is 5.22. The lowest BCUT2D eigenvalue weighted by Gasteiger charge is -2.44. The summed E-state index contributed by atoms with van der Waals surface area (Å²) in [6, 6.07) is 0. The molecule has 0 aliphatic heterocycles. The molecule has 0 saturated carbocycles. The summed E-state index contributed by atoms with van der Waals surface area (Å²) in [6.45, 7) is 25.2. The highest BCUT2D eigenvalue weighted by atomic mass is 16.5. The van der Waals surface area contributed by atoms with Crippen LogP contribution in [-0.4, -0.2) is 36.7 Å². The molecule has 0 aliphatic rings. The molecule has 1 unspecified atom stereocenters. The van der Waals surface area contributed by atoms with Crippen molar-refractivity contribution in [3.05, 3.63) is 0 Å². The van der Waals surface area contributed by atoms with Gasteiger partial charge in [0.05, 0.1) is 11.7 Å². The fourth-order valence-electron chi connectivity index (χ4n) is 3.39. The van der Waals surface area contributed by atoms with Crippen molar-refractivity contribution < 1.29 is 4.74 Å². The smallest absolute Gasteiger partial charge is 0.0680 e. The van der Waals surface area contributed by atoms with Gasteiger partial charge in [0.1, 0.15) is 0 Å². The van der Waals surface area contributed by atoms with E-state index in [1.807, 2.05) is 0 Å². The van der Waals surface area contributed by atoms with Gasteiger partial charge in [-0.2, -0.15) is 0 Å². The summed E-state index contributed by atoms with van der Waals surface area (Å²) in [4.78, 5) is 2.46. The highest BCUT2D eigenvalue weighted by Crippen LogP contribution is 2.39. The van der Waals surface area contributed by atoms with Gasteiger partial charge in [0, 0.05) is 13.1 Å². The molecule has 2 nitrogen and oxygen atoms in total. The van der Waals surface area contributed by atoms with Gasteiger partial charge in [-0.25, -0.2) is 0 Å². The van der Waals surface area contributed by atoms with E-state index in [1.54, 1.807) is 0 Å². The van der Waals surface area contributed by atoms with E-state index in [-0.39, 0.29) is 22.5 Å². The summed E-state index contributed by atoms with van der Waals surface area (Å²) in [5.41, 5.74) is 0.371. The minimum absolute atomic E-state index is 0.0961. The predicted molar refractivity (Wildman–Crippen MR) is 99.4 cm³/mol. The molecular formula is C20H43NO. The van der Waals surface area contributed by atoms with Crippen LogP contribution in [0.5, 0.6) is 0 Å². The molecular weight excluding hydrogens is 270 g/mol. The summed E-state index contributed by atoms with van der Waals surface area (Å²) in [5, 5.41) is 0. The number of hydrogen-bond acceptors (Lipinski definition) is 2. The Hall–Kier alpha value is -0.0800. The minimum atomic E-state index is -0.0961. The van der Waals surface area contributed by atoms with Crippen molar-refractivity contribution in [1.29, 1.82) is 0 Å². The predicted octanol–water partition coefficient (Wildman–Crippen LogP) is 5.61. The van der Waals surface area contributed by atoms with Crippen molar-refractivity contribution in [2.45, 2.75) is 93.8 Å². The molecule has 0 heterocycles. The lowest BCUT2D eigenvalue weighted by atomic mass is 9.74. The Labute approximate surface area is 141 Å². The van der Waals surface area contributed by atoms with Crippen LogP contribution < -0.4 is 0 Å². The SMILES string of the molecule is CCC(C)(C)C(C)(C)OC(C)CC(C)(C)CN(C)CC(C)C. The Morgan fingerprint density at radius 3 is 1.86 bits per heavy atom. The van der Waals surface area contributed by atoms with Crippen molar-refractivity contribution in [3.8, 4) is 0 Å². The highest BCUT2D eigenvalue weighted by molar-refractivity contribution is 4.88. The van der Waals surface area contributed by atoms with Gasteiger partial charge in [-0.05, 0) is 57.4 Å². The number of hydrogen-bond donors (Lipinski definition) is 0. The van der Waals surface area contributed by atoms with Gasteiger partial charge < -0.3 is 9.64 Å². The first-order valence-corrected chi connectivity index (χ1v) is 9.09. The van der Waals surface area contributed by atoms with E-state index in [4.69, 9.17) is 4.74 Å². The molecule has 2 heteroatoms. The van der Waals surface area contributed by atoms with E-state index in [1.165, 1.54) is 0 Å². The topological polar surface area (TPSA) is 12.5 Å². The Morgan fingerprint density at radius 2 is 1.45 bits per heavy atom. The quantitative estimate of drug-likeness (QED) is 0.519. The van der Waals surface area contributed by atoms with Crippen LogP contribution in [0, 0.1) is 16.7 Å². The molecule has 22 heavy (non-hydrogen) atoms. The van der Waals surface area contributed by atoms with Crippen LogP contribution in [0.4, 0.5) is 0 Å². The van der Waals surface area contributed by atoms with Crippen LogP contribution in [0.25, 0.3) is 0 Å². The van der Waals surface area contributed by atoms with Gasteiger partial charge in [0.2, 0.25) is 0 Å². The molecule has 1 atom stereocenters. The third kappa shape index (κ3) is 7.46. The summed E-state index contributed by atoms with van der Waals surface area (Å²) in [6.07, 6.45) is 2.51. The summed E-state index contributed by atoms with van der Waals surface area (Å²) >= 11 is 0. The molecule has 0 aromatic heterocycles. The molecule has 0 saturated heterocycles. The van der Waals surface area contributed by atoms with E-state index in [9.17, 15) is 0 Å². The summed E-state index contributed by atoms with van der Waals surface area (Å²) < 4.78 is 6.47. The highest BCUT2D eigenvalue weighted by Gasteiger charge is 2.38. The summed E-state index contributed by atoms with van der Waals surface area (Å²) in [5.74, 6) is 0.721. The zero-order valence-corrected chi connectivity index (χ0v) is 17.3. The largest absolute Gasteiger partial charge is 0.372 e. The Balaban J connectivity index is 4.60. The van der Waals surface area contributed by atoms with Gasteiger partial charge in [-0.3, -0.25) is 0 Å². The first-order chi connectivity index (χ1) is 9.72. The molecule has 0 aromatic carbocycles. The average molecular weight is 314 g/mol. The van der Waals surface area contributed by atoms with E-state index < -0.39 is 0 Å². The normalized spacial score (nSPS) is 15.7. The van der Waals surface area contributed by atoms with Crippen LogP contribution in [0.2, 0.25) is 0 Å². The lowest BCUT2D eigenvalue weighted by molar-refractivity contribution is -0.141. The van der Waals surface area contributed by atoms with E-state index in [0.29, 0.717) is 0 Å². The maximum atomic E-state index is 6.47. The molecule has 0 aliphatic carbocycles. The van der Waals surface area contributed by atoms with Gasteiger partial charge >= 0.3 is 0 Å². The van der Waals surface area contributed by atoms with E-state index in [2.05, 4.69) is 81.2 Å². The molecule has 0 N–H and O–H groups in total. The monoisotopic (exact) mass is 313 g/mol. The molecule has 0 rings (SSSR count). The standard InChI is InChI=1S/C20H43NO/c1-12-19(7,8)20(9,10)22-17(4)13-18(5,6)15-21(11)14-16(2)3/h16-17H,12-15H2,1-11H3. The van der Waals surface area contributed by atoms with Crippen LogP contribution in [0.3, 0.4) is 0 Å². The molecule has 0 aromatic rings. The van der Waals surface area contributed by atoms with E-state index >= 15 is 0 Å². The minimum Gasteiger partial charge on any atom is -0.372 e.